The van der Waals surface area contributed by atoms with Crippen LogP contribution in [0.15, 0.2) is 30.3 Å². The van der Waals surface area contributed by atoms with Gasteiger partial charge in [-0.05, 0) is 49.3 Å². The van der Waals surface area contributed by atoms with Crippen LogP contribution in [-0.2, 0) is 0 Å². The summed E-state index contributed by atoms with van der Waals surface area (Å²) in [5.41, 5.74) is 2.32. The first kappa shape index (κ1) is 13.4. The van der Waals surface area contributed by atoms with E-state index in [2.05, 4.69) is 49.5 Å². The molecule has 2 unspecified atom stereocenters. The Morgan fingerprint density at radius 1 is 1.25 bits per heavy atom. The molecule has 1 fully saturated rings. The number of anilines is 1. The molecule has 1 saturated carbocycles. The van der Waals surface area contributed by atoms with Crippen LogP contribution < -0.4 is 5.32 Å². The number of aryl methyl sites for hydroxylation is 1. The van der Waals surface area contributed by atoms with Gasteiger partial charge in [-0.25, -0.2) is 4.98 Å². The average Bonchev–Trinajstić information content (AvgIpc) is 2.45. The average molecular weight is 268 g/mol. The highest BCUT2D eigenvalue weighted by atomic mass is 15.0. The van der Waals surface area contributed by atoms with Gasteiger partial charge in [0.15, 0.2) is 0 Å². The van der Waals surface area contributed by atoms with E-state index in [4.69, 9.17) is 4.98 Å². The number of rotatable bonds is 3. The molecule has 20 heavy (non-hydrogen) atoms. The van der Waals surface area contributed by atoms with Crippen LogP contribution in [0.1, 0.15) is 38.2 Å². The maximum Gasteiger partial charge on any atom is 0.129 e. The van der Waals surface area contributed by atoms with E-state index < -0.39 is 0 Å². The molecule has 106 valence electrons. The second kappa shape index (κ2) is 5.82. The van der Waals surface area contributed by atoms with Gasteiger partial charge in [0.1, 0.15) is 5.82 Å². The number of nitrogens with one attached hydrogen (secondary N) is 1. The molecule has 2 nitrogen and oxygen atoms in total. The normalized spacial score (nSPS) is 22.9. The molecule has 0 radical (unpaired) electrons. The molecule has 3 rings (SSSR count). The molecule has 0 bridgehead atoms. The fourth-order valence-electron chi connectivity index (χ4n) is 3.39. The highest BCUT2D eigenvalue weighted by molar-refractivity contribution is 5.81. The Labute approximate surface area is 121 Å². The highest BCUT2D eigenvalue weighted by Crippen LogP contribution is 2.29. The van der Waals surface area contributed by atoms with Gasteiger partial charge in [-0.15, -0.1) is 0 Å². The fourth-order valence-corrected chi connectivity index (χ4v) is 3.39. The van der Waals surface area contributed by atoms with Crippen LogP contribution in [0.2, 0.25) is 0 Å². The Bertz CT molecular complexity index is 591. The maximum absolute atomic E-state index is 4.77. The van der Waals surface area contributed by atoms with Crippen LogP contribution in [0.5, 0.6) is 0 Å². The summed E-state index contributed by atoms with van der Waals surface area (Å²) < 4.78 is 0. The zero-order chi connectivity index (χ0) is 13.9. The number of para-hydroxylation sites is 1. The van der Waals surface area contributed by atoms with Crippen molar-refractivity contribution in [3.05, 3.63) is 35.9 Å². The summed E-state index contributed by atoms with van der Waals surface area (Å²) in [5.74, 6) is 2.76. The zero-order valence-corrected chi connectivity index (χ0v) is 12.5. The molecule has 0 aliphatic heterocycles. The van der Waals surface area contributed by atoms with Gasteiger partial charge in [0.2, 0.25) is 0 Å². The van der Waals surface area contributed by atoms with Gasteiger partial charge in [-0.1, -0.05) is 38.0 Å². The lowest BCUT2D eigenvalue weighted by atomic mass is 9.82. The van der Waals surface area contributed by atoms with Gasteiger partial charge in [0.05, 0.1) is 5.52 Å². The van der Waals surface area contributed by atoms with Crippen molar-refractivity contribution in [2.45, 2.75) is 39.5 Å². The number of hydrogen-bond acceptors (Lipinski definition) is 2. The molecule has 1 aliphatic carbocycles. The zero-order valence-electron chi connectivity index (χ0n) is 12.5. The summed E-state index contributed by atoms with van der Waals surface area (Å²) in [6.07, 6.45) is 5.52. The van der Waals surface area contributed by atoms with Gasteiger partial charge >= 0.3 is 0 Å². The van der Waals surface area contributed by atoms with Crippen LogP contribution in [0.3, 0.4) is 0 Å². The summed E-state index contributed by atoms with van der Waals surface area (Å²) in [5, 5.41) is 4.81. The lowest BCUT2D eigenvalue weighted by molar-refractivity contribution is 0.293. The lowest BCUT2D eigenvalue weighted by Gasteiger charge is -2.27. The van der Waals surface area contributed by atoms with E-state index in [9.17, 15) is 0 Å². The van der Waals surface area contributed by atoms with Crippen molar-refractivity contribution in [1.82, 2.24) is 4.98 Å². The van der Waals surface area contributed by atoms with Crippen LogP contribution in [-0.4, -0.2) is 11.5 Å². The monoisotopic (exact) mass is 268 g/mol. The molecule has 0 spiro atoms. The Kier molecular flexibility index (Phi) is 3.90. The van der Waals surface area contributed by atoms with Gasteiger partial charge in [0.25, 0.3) is 0 Å². The van der Waals surface area contributed by atoms with Gasteiger partial charge in [-0.2, -0.15) is 0 Å². The number of fused-ring (bicyclic) bond motifs is 1. The first-order valence-corrected chi connectivity index (χ1v) is 7.82. The molecule has 1 aromatic heterocycles. The highest BCUT2D eigenvalue weighted by Gasteiger charge is 2.18. The predicted octanol–water partition coefficient (Wildman–Crippen LogP) is 4.78. The smallest absolute Gasteiger partial charge is 0.129 e. The van der Waals surface area contributed by atoms with Crippen molar-refractivity contribution in [3.8, 4) is 0 Å². The molecule has 1 aromatic carbocycles. The van der Waals surface area contributed by atoms with E-state index in [1.54, 1.807) is 0 Å². The molecule has 1 aliphatic rings. The van der Waals surface area contributed by atoms with Crippen LogP contribution in [0.25, 0.3) is 10.9 Å². The summed E-state index contributed by atoms with van der Waals surface area (Å²) in [6.45, 7) is 5.59. The first-order valence-electron chi connectivity index (χ1n) is 7.82. The number of nitrogens with zero attached hydrogens (tertiary/aromatic N) is 1. The van der Waals surface area contributed by atoms with Crippen molar-refractivity contribution in [1.29, 1.82) is 0 Å². The van der Waals surface area contributed by atoms with E-state index in [-0.39, 0.29) is 0 Å². The van der Waals surface area contributed by atoms with Crippen LogP contribution in [0.4, 0.5) is 5.82 Å². The summed E-state index contributed by atoms with van der Waals surface area (Å²) >= 11 is 0. The summed E-state index contributed by atoms with van der Waals surface area (Å²) in [6, 6.07) is 10.6. The summed E-state index contributed by atoms with van der Waals surface area (Å²) in [7, 11) is 0. The molecular formula is C18H24N2. The first-order chi connectivity index (χ1) is 9.72. The molecule has 1 heterocycles. The molecule has 2 atom stereocenters. The van der Waals surface area contributed by atoms with E-state index in [1.807, 2.05) is 0 Å². The van der Waals surface area contributed by atoms with Gasteiger partial charge in [-0.3, -0.25) is 0 Å². The molecule has 0 saturated heterocycles. The molecule has 2 heteroatoms. The van der Waals surface area contributed by atoms with Crippen molar-refractivity contribution >= 4 is 16.7 Å². The third kappa shape index (κ3) is 2.95. The van der Waals surface area contributed by atoms with E-state index in [1.165, 1.54) is 36.6 Å². The molecule has 0 amide bonds. The maximum atomic E-state index is 4.77. The topological polar surface area (TPSA) is 24.9 Å². The van der Waals surface area contributed by atoms with Crippen molar-refractivity contribution in [3.63, 3.8) is 0 Å². The summed E-state index contributed by atoms with van der Waals surface area (Å²) in [4.78, 5) is 4.77. The molecule has 2 aromatic rings. The Morgan fingerprint density at radius 2 is 2.10 bits per heavy atom. The second-order valence-corrected chi connectivity index (χ2v) is 6.37. The van der Waals surface area contributed by atoms with Gasteiger partial charge in [0, 0.05) is 11.9 Å². The lowest BCUT2D eigenvalue weighted by Crippen LogP contribution is -2.21. The molecular weight excluding hydrogens is 244 g/mol. The Hall–Kier alpha value is -1.57. The molecule has 1 N–H and O–H groups in total. The number of hydrogen-bond donors (Lipinski definition) is 1. The Balaban J connectivity index is 1.72. The number of pyridine rings is 1. The Morgan fingerprint density at radius 3 is 2.95 bits per heavy atom. The van der Waals surface area contributed by atoms with Crippen molar-refractivity contribution in [2.75, 3.05) is 11.9 Å². The largest absolute Gasteiger partial charge is 0.370 e. The fraction of sp³-hybridized carbons (Fsp3) is 0.500. The third-order valence-corrected chi connectivity index (χ3v) is 4.52. The van der Waals surface area contributed by atoms with Crippen molar-refractivity contribution in [2.24, 2.45) is 11.8 Å². The van der Waals surface area contributed by atoms with Crippen LogP contribution in [0, 0.1) is 18.8 Å². The van der Waals surface area contributed by atoms with E-state index in [0.29, 0.717) is 0 Å². The minimum atomic E-state index is 0.812. The SMILES string of the molecule is Cc1cc2ccccc2nc1NCC1CCCC(C)C1. The van der Waals surface area contributed by atoms with E-state index in [0.717, 1.165) is 29.7 Å². The number of benzene rings is 1. The number of aromatic nitrogens is 1. The van der Waals surface area contributed by atoms with Crippen LogP contribution >= 0.6 is 0 Å². The van der Waals surface area contributed by atoms with Crippen molar-refractivity contribution < 1.29 is 0 Å². The standard InChI is InChI=1S/C18H24N2/c1-13-6-5-7-15(10-13)12-19-18-14(2)11-16-8-3-4-9-17(16)20-18/h3-4,8-9,11,13,15H,5-7,10,12H2,1-2H3,(H,19,20). The minimum absolute atomic E-state index is 0.812. The predicted molar refractivity (Wildman–Crippen MR) is 86.1 cm³/mol. The van der Waals surface area contributed by atoms with E-state index >= 15 is 0 Å². The quantitative estimate of drug-likeness (QED) is 0.866. The second-order valence-electron chi connectivity index (χ2n) is 6.37. The third-order valence-electron chi connectivity index (χ3n) is 4.52. The van der Waals surface area contributed by atoms with Gasteiger partial charge < -0.3 is 5.32 Å². The minimum Gasteiger partial charge on any atom is -0.370 e.